The summed E-state index contributed by atoms with van der Waals surface area (Å²) in [5.41, 5.74) is 4.19. The lowest BCUT2D eigenvalue weighted by Gasteiger charge is -2.32. The van der Waals surface area contributed by atoms with Crippen molar-refractivity contribution >= 4 is 27.0 Å². The Bertz CT molecular complexity index is 1880. The van der Waals surface area contributed by atoms with Crippen molar-refractivity contribution in [1.29, 1.82) is 0 Å². The summed E-state index contributed by atoms with van der Waals surface area (Å²) in [7, 11) is -3.93. The molecule has 1 aromatic carbocycles. The van der Waals surface area contributed by atoms with Crippen LogP contribution < -0.4 is 4.74 Å². The molecule has 1 saturated carbocycles. The van der Waals surface area contributed by atoms with Crippen molar-refractivity contribution in [3.63, 3.8) is 0 Å². The quantitative estimate of drug-likeness (QED) is 0.322. The van der Waals surface area contributed by atoms with E-state index in [0.29, 0.717) is 17.8 Å². The number of pyridine rings is 2. The van der Waals surface area contributed by atoms with E-state index >= 15 is 0 Å². The van der Waals surface area contributed by atoms with Crippen LogP contribution in [0.15, 0.2) is 41.6 Å². The lowest BCUT2D eigenvalue weighted by atomic mass is 9.71. The molecule has 1 aliphatic heterocycles. The van der Waals surface area contributed by atoms with E-state index in [9.17, 15) is 18.3 Å². The Labute approximate surface area is 251 Å². The molecule has 0 radical (unpaired) electrons. The molecular weight excluding hydrogens is 568 g/mol. The van der Waals surface area contributed by atoms with Crippen LogP contribution in [-0.2, 0) is 27.9 Å². The van der Waals surface area contributed by atoms with E-state index in [1.165, 1.54) is 4.31 Å². The van der Waals surface area contributed by atoms with Crippen molar-refractivity contribution in [1.82, 2.24) is 29.3 Å². The average Bonchev–Trinajstić information content (AvgIpc) is 3.59. The van der Waals surface area contributed by atoms with Gasteiger partial charge >= 0.3 is 5.97 Å². The van der Waals surface area contributed by atoms with Crippen molar-refractivity contribution < 1.29 is 23.1 Å². The number of hydrogen-bond donors (Lipinski definition) is 1. The predicted molar refractivity (Wildman–Crippen MR) is 159 cm³/mol. The van der Waals surface area contributed by atoms with Crippen molar-refractivity contribution in [2.24, 2.45) is 5.41 Å². The monoisotopic (exact) mass is 604 g/mol. The SMILES string of the molecule is CCn1nnc2c(C)c(C(c3cc(CN4CC5(CC5)Oc5ncc(C)cc5S4(=O)=O)c(C)cn3)C(C)(C)C(=O)O)ccc21. The molecule has 1 unspecified atom stereocenters. The van der Waals surface area contributed by atoms with Crippen LogP contribution in [0.25, 0.3) is 11.0 Å². The minimum atomic E-state index is -3.93. The molecule has 0 bridgehead atoms. The second-order valence-corrected chi connectivity index (χ2v) is 14.3. The van der Waals surface area contributed by atoms with Gasteiger partial charge < -0.3 is 9.84 Å². The van der Waals surface area contributed by atoms with Gasteiger partial charge in [-0.1, -0.05) is 11.3 Å². The number of ether oxygens (including phenoxy) is 1. The number of fused-ring (bicyclic) bond motifs is 2. The van der Waals surface area contributed by atoms with Crippen LogP contribution in [0.3, 0.4) is 0 Å². The van der Waals surface area contributed by atoms with Crippen molar-refractivity contribution in [2.75, 3.05) is 6.54 Å². The number of hydrogen-bond acceptors (Lipinski definition) is 8. The number of aromatic nitrogens is 5. The van der Waals surface area contributed by atoms with Crippen LogP contribution in [0.1, 0.15) is 73.0 Å². The number of carboxylic acids is 1. The highest BCUT2D eigenvalue weighted by Crippen LogP contribution is 2.47. The topological polar surface area (TPSA) is 140 Å². The molecule has 1 aliphatic carbocycles. The first-order valence-corrected chi connectivity index (χ1v) is 15.9. The van der Waals surface area contributed by atoms with Gasteiger partial charge in [-0.2, -0.15) is 4.31 Å². The standard InChI is InChI=1S/C31H36N6O5S/c1-7-37-24-9-8-22(20(4)27(24)34-35-37)26(30(5,6)29(38)39)23-13-21(19(3)15-32-23)16-36-17-31(10-11-31)42-28-25(43(36,40)41)12-18(2)14-33-28/h8-9,12-15,26H,7,10-11,16-17H2,1-6H3,(H,38,39). The molecule has 4 aromatic rings. The fourth-order valence-corrected chi connectivity index (χ4v) is 7.63. The summed E-state index contributed by atoms with van der Waals surface area (Å²) >= 11 is 0. The van der Waals surface area contributed by atoms with E-state index < -0.39 is 32.9 Å². The first kappa shape index (κ1) is 29.2. The Morgan fingerprint density at radius 2 is 1.88 bits per heavy atom. The zero-order valence-corrected chi connectivity index (χ0v) is 26.1. The lowest BCUT2D eigenvalue weighted by Crippen LogP contribution is -2.38. The normalized spacial score (nSPS) is 18.2. The van der Waals surface area contributed by atoms with Gasteiger partial charge in [0.25, 0.3) is 0 Å². The molecule has 1 atom stereocenters. The second kappa shape index (κ2) is 10.1. The molecule has 11 nitrogen and oxygen atoms in total. The predicted octanol–water partition coefficient (Wildman–Crippen LogP) is 4.53. The number of aliphatic carboxylic acids is 1. The highest BCUT2D eigenvalue weighted by molar-refractivity contribution is 7.89. The third-order valence-electron chi connectivity index (χ3n) is 8.90. The van der Waals surface area contributed by atoms with Crippen LogP contribution >= 0.6 is 0 Å². The van der Waals surface area contributed by atoms with E-state index in [4.69, 9.17) is 9.72 Å². The summed E-state index contributed by atoms with van der Waals surface area (Å²) < 4.78 is 37.4. The van der Waals surface area contributed by atoms with Gasteiger partial charge in [-0.25, -0.2) is 18.1 Å². The zero-order valence-electron chi connectivity index (χ0n) is 25.2. The first-order chi connectivity index (χ1) is 20.3. The maximum atomic E-state index is 14.0. The molecule has 226 valence electrons. The van der Waals surface area contributed by atoms with E-state index in [1.807, 2.05) is 39.0 Å². The highest BCUT2D eigenvalue weighted by atomic mass is 32.2. The number of sulfonamides is 1. The average molecular weight is 605 g/mol. The van der Waals surface area contributed by atoms with Crippen LogP contribution in [0.4, 0.5) is 0 Å². The van der Waals surface area contributed by atoms with Crippen LogP contribution in [-0.4, -0.2) is 60.9 Å². The van der Waals surface area contributed by atoms with Gasteiger partial charge in [-0.3, -0.25) is 9.78 Å². The highest BCUT2D eigenvalue weighted by Gasteiger charge is 2.52. The van der Waals surface area contributed by atoms with Crippen molar-refractivity contribution in [3.05, 3.63) is 70.2 Å². The molecule has 12 heteroatoms. The minimum absolute atomic E-state index is 0.0668. The smallest absolute Gasteiger partial charge is 0.310 e. The third-order valence-corrected chi connectivity index (χ3v) is 10.7. The maximum absolute atomic E-state index is 14.0. The van der Waals surface area contributed by atoms with E-state index in [-0.39, 0.29) is 23.9 Å². The van der Waals surface area contributed by atoms with Gasteiger partial charge in [0.05, 0.1) is 17.5 Å². The van der Waals surface area contributed by atoms with Gasteiger partial charge in [-0.15, -0.1) is 5.10 Å². The number of benzene rings is 1. The summed E-state index contributed by atoms with van der Waals surface area (Å²) in [5, 5.41) is 19.0. The molecule has 1 spiro atoms. The summed E-state index contributed by atoms with van der Waals surface area (Å²) in [4.78, 5) is 21.8. The molecule has 1 N–H and O–H groups in total. The molecule has 2 aliphatic rings. The number of carbonyl (C=O) groups is 1. The molecule has 43 heavy (non-hydrogen) atoms. The maximum Gasteiger partial charge on any atom is 0.310 e. The van der Waals surface area contributed by atoms with Crippen molar-refractivity contribution in [2.45, 2.75) is 83.9 Å². The van der Waals surface area contributed by atoms with Crippen LogP contribution in [0.2, 0.25) is 0 Å². The Morgan fingerprint density at radius 3 is 2.56 bits per heavy atom. The summed E-state index contributed by atoms with van der Waals surface area (Å²) in [6, 6.07) is 7.32. The number of nitrogens with zero attached hydrogens (tertiary/aromatic N) is 6. The van der Waals surface area contributed by atoms with Gasteiger partial charge in [-0.05, 0) is 100 Å². The first-order valence-electron chi connectivity index (χ1n) is 14.4. The number of carboxylic acid groups (broad SMARTS) is 1. The van der Waals surface area contributed by atoms with Gasteiger partial charge in [0, 0.05) is 37.1 Å². The summed E-state index contributed by atoms with van der Waals surface area (Å²) in [6.45, 7) is 11.9. The van der Waals surface area contributed by atoms with Crippen LogP contribution in [0.5, 0.6) is 5.88 Å². The Hall–Kier alpha value is -3.90. The molecular formula is C31H36N6O5S. The fourth-order valence-electron chi connectivity index (χ4n) is 5.99. The molecule has 6 rings (SSSR count). The van der Waals surface area contributed by atoms with Gasteiger partial charge in [0.15, 0.2) is 0 Å². The van der Waals surface area contributed by atoms with Crippen LogP contribution in [0, 0.1) is 26.2 Å². The molecule has 0 saturated heterocycles. The molecule has 3 aromatic heterocycles. The minimum Gasteiger partial charge on any atom is -0.481 e. The third kappa shape index (κ3) is 4.86. The van der Waals surface area contributed by atoms with E-state index in [0.717, 1.165) is 46.2 Å². The van der Waals surface area contributed by atoms with E-state index in [1.54, 1.807) is 43.9 Å². The summed E-state index contributed by atoms with van der Waals surface area (Å²) in [6.07, 6.45) is 4.80. The van der Waals surface area contributed by atoms with Gasteiger partial charge in [0.1, 0.15) is 16.0 Å². The Balaban J connectivity index is 1.45. The molecule has 1 fully saturated rings. The number of rotatable bonds is 7. The Kier molecular flexibility index (Phi) is 6.85. The van der Waals surface area contributed by atoms with Gasteiger partial charge in [0.2, 0.25) is 15.9 Å². The Morgan fingerprint density at radius 1 is 1.14 bits per heavy atom. The molecule has 4 heterocycles. The van der Waals surface area contributed by atoms with Crippen molar-refractivity contribution in [3.8, 4) is 5.88 Å². The fraction of sp³-hybridized carbons (Fsp3) is 0.452. The largest absolute Gasteiger partial charge is 0.481 e. The lowest BCUT2D eigenvalue weighted by molar-refractivity contribution is -0.147. The summed E-state index contributed by atoms with van der Waals surface area (Å²) in [5.74, 6) is -1.47. The van der Waals surface area contributed by atoms with E-state index in [2.05, 4.69) is 15.3 Å². The molecule has 0 amide bonds. The zero-order chi connectivity index (χ0) is 30.9. The number of aryl methyl sites for hydroxylation is 4. The second-order valence-electron chi connectivity index (χ2n) is 12.4.